The molecule has 160 valence electrons. The largest absolute Gasteiger partial charge is 0.480 e. The number of amides is 1. The molecule has 2 saturated heterocycles. The van der Waals surface area contributed by atoms with Crippen LogP contribution in [-0.4, -0.2) is 57.6 Å². The van der Waals surface area contributed by atoms with Crippen LogP contribution in [0.3, 0.4) is 0 Å². The van der Waals surface area contributed by atoms with Crippen LogP contribution in [0.5, 0.6) is 0 Å². The van der Waals surface area contributed by atoms with Crippen LogP contribution in [0.2, 0.25) is 0 Å². The summed E-state index contributed by atoms with van der Waals surface area (Å²) in [5.41, 5.74) is 3.02. The number of aliphatic carboxylic acids is 1. The van der Waals surface area contributed by atoms with Gasteiger partial charge in [0.05, 0.1) is 0 Å². The number of pyridine rings is 1. The van der Waals surface area contributed by atoms with Crippen LogP contribution in [-0.2, 0) is 11.3 Å². The number of carboxylic acid groups (broad SMARTS) is 1. The molecule has 31 heavy (non-hydrogen) atoms. The molecule has 0 radical (unpaired) electrons. The SMILES string of the molecule is O=C(O)Cn1ccc2cc(C(=O)N3CCC4(CC3)CCN(c3ccncc3)C4)ccc21. The van der Waals surface area contributed by atoms with Crippen LogP contribution in [0.25, 0.3) is 10.9 Å². The van der Waals surface area contributed by atoms with Gasteiger partial charge in [-0.05, 0) is 61.1 Å². The summed E-state index contributed by atoms with van der Waals surface area (Å²) < 4.78 is 1.69. The number of carbonyl (C=O) groups excluding carboxylic acids is 1. The number of anilines is 1. The lowest BCUT2D eigenvalue weighted by molar-refractivity contribution is -0.137. The molecular formula is C24H26N4O3. The number of likely N-dealkylation sites (tertiary alicyclic amines) is 1. The maximum Gasteiger partial charge on any atom is 0.323 e. The van der Waals surface area contributed by atoms with Crippen molar-refractivity contribution in [1.82, 2.24) is 14.5 Å². The van der Waals surface area contributed by atoms with E-state index in [9.17, 15) is 9.59 Å². The van der Waals surface area contributed by atoms with E-state index in [0.29, 0.717) is 5.56 Å². The van der Waals surface area contributed by atoms with E-state index in [1.54, 1.807) is 10.8 Å². The number of aromatic nitrogens is 2. The smallest absolute Gasteiger partial charge is 0.323 e. The first-order valence-electron chi connectivity index (χ1n) is 10.8. The number of hydrogen-bond donors (Lipinski definition) is 1. The predicted molar refractivity (Wildman–Crippen MR) is 118 cm³/mol. The van der Waals surface area contributed by atoms with Gasteiger partial charge in [0.15, 0.2) is 0 Å². The molecule has 4 heterocycles. The van der Waals surface area contributed by atoms with Gasteiger partial charge in [0.25, 0.3) is 5.91 Å². The molecule has 0 unspecified atom stereocenters. The molecule has 1 amide bonds. The average molecular weight is 418 g/mol. The average Bonchev–Trinajstić information content (AvgIpc) is 3.38. The van der Waals surface area contributed by atoms with Gasteiger partial charge in [0.1, 0.15) is 6.54 Å². The van der Waals surface area contributed by atoms with E-state index in [0.717, 1.165) is 49.9 Å². The summed E-state index contributed by atoms with van der Waals surface area (Å²) >= 11 is 0. The van der Waals surface area contributed by atoms with Crippen molar-refractivity contribution >= 4 is 28.5 Å². The third-order valence-electron chi connectivity index (χ3n) is 6.90. The van der Waals surface area contributed by atoms with E-state index >= 15 is 0 Å². The Labute approximate surface area is 180 Å². The Bertz CT molecular complexity index is 1120. The van der Waals surface area contributed by atoms with E-state index < -0.39 is 5.97 Å². The molecule has 2 aliphatic heterocycles. The summed E-state index contributed by atoms with van der Waals surface area (Å²) in [6.07, 6.45) is 8.66. The van der Waals surface area contributed by atoms with E-state index in [4.69, 9.17) is 5.11 Å². The van der Waals surface area contributed by atoms with Crippen molar-refractivity contribution < 1.29 is 14.7 Å². The van der Waals surface area contributed by atoms with Crippen molar-refractivity contribution in [3.8, 4) is 0 Å². The summed E-state index contributed by atoms with van der Waals surface area (Å²) in [6, 6.07) is 11.5. The minimum Gasteiger partial charge on any atom is -0.480 e. The molecule has 1 aromatic carbocycles. The zero-order valence-corrected chi connectivity index (χ0v) is 17.4. The third kappa shape index (κ3) is 3.76. The van der Waals surface area contributed by atoms with E-state index in [-0.39, 0.29) is 17.9 Å². The Balaban J connectivity index is 1.25. The fraction of sp³-hybridized carbons (Fsp3) is 0.375. The van der Waals surface area contributed by atoms with Crippen molar-refractivity contribution in [2.45, 2.75) is 25.8 Å². The van der Waals surface area contributed by atoms with Crippen LogP contribution >= 0.6 is 0 Å². The second-order valence-electron chi connectivity index (χ2n) is 8.78. The molecule has 1 N–H and O–H groups in total. The Hall–Kier alpha value is -3.35. The first kappa shape index (κ1) is 19.6. The van der Waals surface area contributed by atoms with Crippen molar-refractivity contribution in [3.05, 3.63) is 60.6 Å². The molecule has 7 heteroatoms. The van der Waals surface area contributed by atoms with Crippen LogP contribution in [0.15, 0.2) is 55.0 Å². The minimum absolute atomic E-state index is 0.0618. The highest BCUT2D eigenvalue weighted by molar-refractivity contribution is 5.98. The summed E-state index contributed by atoms with van der Waals surface area (Å²) in [5.74, 6) is -0.818. The molecule has 3 aromatic rings. The van der Waals surface area contributed by atoms with Gasteiger partial charge in [0.2, 0.25) is 0 Å². The first-order valence-corrected chi connectivity index (χ1v) is 10.8. The van der Waals surface area contributed by atoms with Crippen molar-refractivity contribution in [3.63, 3.8) is 0 Å². The molecule has 2 fully saturated rings. The van der Waals surface area contributed by atoms with E-state index in [2.05, 4.69) is 22.0 Å². The van der Waals surface area contributed by atoms with Gasteiger partial charge in [-0.1, -0.05) is 0 Å². The molecule has 5 rings (SSSR count). The summed E-state index contributed by atoms with van der Waals surface area (Å²) in [7, 11) is 0. The van der Waals surface area contributed by atoms with Gasteiger partial charge in [0, 0.05) is 66.9 Å². The van der Waals surface area contributed by atoms with E-state index in [1.165, 1.54) is 12.1 Å². The Morgan fingerprint density at radius 3 is 2.48 bits per heavy atom. The monoisotopic (exact) mass is 418 g/mol. The number of piperidine rings is 1. The molecule has 2 aliphatic rings. The highest BCUT2D eigenvalue weighted by atomic mass is 16.4. The van der Waals surface area contributed by atoms with Crippen LogP contribution in [0.1, 0.15) is 29.6 Å². The Morgan fingerprint density at radius 1 is 1.00 bits per heavy atom. The fourth-order valence-electron chi connectivity index (χ4n) is 5.10. The summed E-state index contributed by atoms with van der Waals surface area (Å²) in [6.45, 7) is 3.58. The number of carboxylic acids is 1. The quantitative estimate of drug-likeness (QED) is 0.704. The number of rotatable bonds is 4. The maximum atomic E-state index is 13.1. The second kappa shape index (κ2) is 7.72. The minimum atomic E-state index is -0.880. The second-order valence-corrected chi connectivity index (χ2v) is 8.78. The lowest BCUT2D eigenvalue weighted by Crippen LogP contribution is -2.44. The number of carbonyl (C=O) groups is 2. The topological polar surface area (TPSA) is 78.7 Å². The fourth-order valence-corrected chi connectivity index (χ4v) is 5.10. The number of benzene rings is 1. The normalized spacial score (nSPS) is 18.1. The highest BCUT2D eigenvalue weighted by Gasteiger charge is 2.41. The van der Waals surface area contributed by atoms with Crippen LogP contribution in [0.4, 0.5) is 5.69 Å². The third-order valence-corrected chi connectivity index (χ3v) is 6.90. The maximum absolute atomic E-state index is 13.1. The Morgan fingerprint density at radius 2 is 1.74 bits per heavy atom. The van der Waals surface area contributed by atoms with Gasteiger partial charge in [-0.2, -0.15) is 0 Å². The van der Waals surface area contributed by atoms with Gasteiger partial charge in [-0.25, -0.2) is 0 Å². The standard InChI is InChI=1S/C24H26N4O3/c29-22(30)16-27-11-5-18-15-19(1-2-21(18)27)23(31)26-12-6-24(7-13-26)8-14-28(17-24)20-3-9-25-10-4-20/h1-5,9-11,15H,6-8,12-14,16-17H2,(H,29,30). The van der Waals surface area contributed by atoms with Gasteiger partial charge >= 0.3 is 5.97 Å². The van der Waals surface area contributed by atoms with Crippen molar-refractivity contribution in [1.29, 1.82) is 0 Å². The molecule has 2 aromatic heterocycles. The molecular weight excluding hydrogens is 392 g/mol. The van der Waals surface area contributed by atoms with Crippen molar-refractivity contribution in [2.75, 3.05) is 31.1 Å². The molecule has 7 nitrogen and oxygen atoms in total. The number of nitrogens with zero attached hydrogens (tertiary/aromatic N) is 4. The summed E-state index contributed by atoms with van der Waals surface area (Å²) in [4.78, 5) is 32.7. The highest BCUT2D eigenvalue weighted by Crippen LogP contribution is 2.42. The van der Waals surface area contributed by atoms with Gasteiger partial charge < -0.3 is 19.5 Å². The zero-order chi connectivity index (χ0) is 21.4. The number of hydrogen-bond acceptors (Lipinski definition) is 4. The molecule has 1 spiro atoms. The van der Waals surface area contributed by atoms with Crippen LogP contribution in [0, 0.1) is 5.41 Å². The molecule has 0 saturated carbocycles. The lowest BCUT2D eigenvalue weighted by atomic mass is 9.77. The molecule has 0 atom stereocenters. The first-order chi connectivity index (χ1) is 15.0. The zero-order valence-electron chi connectivity index (χ0n) is 17.4. The van der Waals surface area contributed by atoms with Gasteiger partial charge in [-0.3, -0.25) is 14.6 Å². The van der Waals surface area contributed by atoms with Crippen LogP contribution < -0.4 is 4.90 Å². The Kier molecular flexibility index (Phi) is 4.88. The molecule has 0 aliphatic carbocycles. The van der Waals surface area contributed by atoms with Gasteiger partial charge in [-0.15, -0.1) is 0 Å². The predicted octanol–water partition coefficient (Wildman–Crippen LogP) is 3.25. The van der Waals surface area contributed by atoms with E-state index in [1.807, 2.05) is 41.6 Å². The summed E-state index contributed by atoms with van der Waals surface area (Å²) in [5, 5.41) is 9.93. The lowest BCUT2D eigenvalue weighted by Gasteiger charge is -2.39. The molecule has 0 bridgehead atoms. The van der Waals surface area contributed by atoms with Crippen molar-refractivity contribution in [2.24, 2.45) is 5.41 Å². The number of fused-ring (bicyclic) bond motifs is 1.